The average molecular weight is 321 g/mol. The van der Waals surface area contributed by atoms with Gasteiger partial charge in [-0.05, 0) is 37.7 Å². The highest BCUT2D eigenvalue weighted by molar-refractivity contribution is 7.10. The topological polar surface area (TPSA) is 74.6 Å². The molecule has 0 aliphatic rings. The second kappa shape index (κ2) is 7.77. The Bertz CT molecular complexity index is 594. The number of nitrogens with zero attached hydrogens (tertiary/aromatic N) is 1. The van der Waals surface area contributed by atoms with Crippen LogP contribution in [0.3, 0.4) is 0 Å². The summed E-state index contributed by atoms with van der Waals surface area (Å²) >= 11 is 1.65. The van der Waals surface area contributed by atoms with Crippen LogP contribution in [0.15, 0.2) is 40.3 Å². The molecular weight excluding hydrogens is 302 g/mol. The van der Waals surface area contributed by atoms with Gasteiger partial charge in [0.2, 0.25) is 5.91 Å². The minimum absolute atomic E-state index is 0.0792. The Labute approximate surface area is 133 Å². The van der Waals surface area contributed by atoms with Crippen LogP contribution in [0.1, 0.15) is 21.5 Å². The zero-order chi connectivity index (χ0) is 15.9. The maximum absolute atomic E-state index is 11.8. The lowest BCUT2D eigenvalue weighted by molar-refractivity contribution is -0.120. The molecule has 0 saturated heterocycles. The maximum Gasteiger partial charge on any atom is 0.287 e. The molecule has 2 N–H and O–H groups in total. The fraction of sp³-hybridized carbons (Fsp3) is 0.333. The van der Waals surface area contributed by atoms with Crippen LogP contribution in [-0.2, 0) is 4.79 Å². The summed E-state index contributed by atoms with van der Waals surface area (Å²) in [5, 5.41) is 7.36. The molecule has 7 heteroatoms. The molecule has 1 unspecified atom stereocenters. The monoisotopic (exact) mass is 321 g/mol. The van der Waals surface area contributed by atoms with Crippen LogP contribution in [0.4, 0.5) is 0 Å². The Hall–Kier alpha value is -2.12. The molecule has 2 heterocycles. The van der Waals surface area contributed by atoms with Gasteiger partial charge in [0.05, 0.1) is 18.8 Å². The number of furan rings is 1. The standard InChI is InChI=1S/C15H19N3O3S/c1-18(2)11(13-6-4-8-22-13)9-16-14(19)10-17-15(20)12-5-3-7-21-12/h3-8,11H,9-10H2,1-2H3,(H,16,19)(H,17,20). The molecule has 0 bridgehead atoms. The van der Waals surface area contributed by atoms with Crippen molar-refractivity contribution in [2.75, 3.05) is 27.2 Å². The van der Waals surface area contributed by atoms with Crippen LogP contribution in [0, 0.1) is 0 Å². The van der Waals surface area contributed by atoms with Gasteiger partial charge in [-0.25, -0.2) is 0 Å². The second-order valence-electron chi connectivity index (χ2n) is 4.96. The quantitative estimate of drug-likeness (QED) is 0.810. The summed E-state index contributed by atoms with van der Waals surface area (Å²) in [6.07, 6.45) is 1.41. The summed E-state index contributed by atoms with van der Waals surface area (Å²) in [6, 6.07) is 7.32. The van der Waals surface area contributed by atoms with E-state index in [1.807, 2.05) is 36.5 Å². The minimum atomic E-state index is -0.400. The van der Waals surface area contributed by atoms with Gasteiger partial charge in [-0.3, -0.25) is 9.59 Å². The van der Waals surface area contributed by atoms with Crippen molar-refractivity contribution >= 4 is 23.2 Å². The van der Waals surface area contributed by atoms with E-state index in [2.05, 4.69) is 10.6 Å². The first-order valence-electron chi connectivity index (χ1n) is 6.86. The number of amides is 2. The molecule has 1 atom stereocenters. The van der Waals surface area contributed by atoms with Gasteiger partial charge in [-0.1, -0.05) is 6.07 Å². The molecule has 0 saturated carbocycles. The highest BCUT2D eigenvalue weighted by atomic mass is 32.1. The van der Waals surface area contributed by atoms with Crippen molar-refractivity contribution in [3.63, 3.8) is 0 Å². The molecule has 0 aliphatic heterocycles. The molecule has 2 rings (SSSR count). The number of nitrogens with one attached hydrogen (secondary N) is 2. The fourth-order valence-electron chi connectivity index (χ4n) is 1.95. The molecule has 2 aromatic heterocycles. The van der Waals surface area contributed by atoms with Crippen LogP contribution in [0.5, 0.6) is 0 Å². The van der Waals surface area contributed by atoms with E-state index in [0.717, 1.165) is 0 Å². The molecule has 6 nitrogen and oxygen atoms in total. The zero-order valence-electron chi connectivity index (χ0n) is 12.5. The Morgan fingerprint density at radius 3 is 2.68 bits per heavy atom. The number of hydrogen-bond donors (Lipinski definition) is 2. The number of rotatable bonds is 7. The van der Waals surface area contributed by atoms with Gasteiger partial charge in [0.1, 0.15) is 0 Å². The van der Waals surface area contributed by atoms with Crippen molar-refractivity contribution in [2.24, 2.45) is 0 Å². The van der Waals surface area contributed by atoms with Gasteiger partial charge < -0.3 is 20.0 Å². The summed E-state index contributed by atoms with van der Waals surface area (Å²) in [4.78, 5) is 26.7. The van der Waals surface area contributed by atoms with Crippen LogP contribution in [-0.4, -0.2) is 43.9 Å². The molecule has 2 aromatic rings. The predicted octanol–water partition coefficient (Wildman–Crippen LogP) is 1.49. The molecule has 22 heavy (non-hydrogen) atoms. The van der Waals surface area contributed by atoms with Gasteiger partial charge in [0.25, 0.3) is 5.91 Å². The van der Waals surface area contributed by atoms with Crippen LogP contribution >= 0.6 is 11.3 Å². The minimum Gasteiger partial charge on any atom is -0.459 e. The first-order chi connectivity index (χ1) is 10.6. The highest BCUT2D eigenvalue weighted by Gasteiger charge is 2.16. The molecule has 0 aromatic carbocycles. The summed E-state index contributed by atoms with van der Waals surface area (Å²) in [7, 11) is 3.93. The summed E-state index contributed by atoms with van der Waals surface area (Å²) in [5.74, 6) is -0.441. The molecular formula is C15H19N3O3S. The summed E-state index contributed by atoms with van der Waals surface area (Å²) < 4.78 is 4.96. The van der Waals surface area contributed by atoms with E-state index >= 15 is 0 Å². The second-order valence-corrected chi connectivity index (χ2v) is 5.94. The third-order valence-corrected chi connectivity index (χ3v) is 4.12. The van der Waals surface area contributed by atoms with Gasteiger partial charge in [-0.2, -0.15) is 0 Å². The largest absolute Gasteiger partial charge is 0.459 e. The maximum atomic E-state index is 11.8. The smallest absolute Gasteiger partial charge is 0.287 e. The van der Waals surface area contributed by atoms with Crippen LogP contribution in [0.2, 0.25) is 0 Å². The lowest BCUT2D eigenvalue weighted by Crippen LogP contribution is -2.40. The third-order valence-electron chi connectivity index (χ3n) is 3.14. The molecule has 0 spiro atoms. The van der Waals surface area contributed by atoms with E-state index in [4.69, 9.17) is 4.42 Å². The molecule has 0 fully saturated rings. The van der Waals surface area contributed by atoms with Crippen molar-refractivity contribution in [1.29, 1.82) is 0 Å². The SMILES string of the molecule is CN(C)C(CNC(=O)CNC(=O)c1ccco1)c1cccs1. The molecule has 0 aliphatic carbocycles. The van der Waals surface area contributed by atoms with E-state index < -0.39 is 5.91 Å². The number of thiophene rings is 1. The average Bonchev–Trinajstić information content (AvgIpc) is 3.17. The molecule has 0 radical (unpaired) electrons. The first kappa shape index (κ1) is 16.3. The fourth-order valence-corrected chi connectivity index (χ4v) is 2.87. The van der Waals surface area contributed by atoms with Crippen molar-refractivity contribution < 1.29 is 14.0 Å². The van der Waals surface area contributed by atoms with Gasteiger partial charge >= 0.3 is 0 Å². The van der Waals surface area contributed by atoms with E-state index in [-0.39, 0.29) is 24.3 Å². The number of likely N-dealkylation sites (N-methyl/N-ethyl adjacent to an activating group) is 1. The van der Waals surface area contributed by atoms with E-state index in [0.29, 0.717) is 6.54 Å². The Balaban J connectivity index is 1.78. The molecule has 118 valence electrons. The van der Waals surface area contributed by atoms with Crippen molar-refractivity contribution in [2.45, 2.75) is 6.04 Å². The lowest BCUT2D eigenvalue weighted by atomic mass is 10.2. The van der Waals surface area contributed by atoms with Crippen molar-refractivity contribution in [3.8, 4) is 0 Å². The van der Waals surface area contributed by atoms with E-state index in [1.54, 1.807) is 23.5 Å². The van der Waals surface area contributed by atoms with Crippen LogP contribution < -0.4 is 10.6 Å². The Kier molecular flexibility index (Phi) is 5.74. The predicted molar refractivity (Wildman–Crippen MR) is 84.8 cm³/mol. The van der Waals surface area contributed by atoms with E-state index in [9.17, 15) is 9.59 Å². The van der Waals surface area contributed by atoms with Gasteiger partial charge in [-0.15, -0.1) is 11.3 Å². The van der Waals surface area contributed by atoms with Crippen molar-refractivity contribution in [3.05, 3.63) is 46.5 Å². The van der Waals surface area contributed by atoms with E-state index in [1.165, 1.54) is 11.1 Å². The highest BCUT2D eigenvalue weighted by Crippen LogP contribution is 2.22. The van der Waals surface area contributed by atoms with Crippen LogP contribution in [0.25, 0.3) is 0 Å². The normalized spacial score (nSPS) is 12.1. The first-order valence-corrected chi connectivity index (χ1v) is 7.74. The summed E-state index contributed by atoms with van der Waals surface area (Å²) in [6.45, 7) is 0.410. The molecule has 2 amide bonds. The number of carbonyl (C=O) groups is 2. The lowest BCUT2D eigenvalue weighted by Gasteiger charge is -2.23. The zero-order valence-corrected chi connectivity index (χ0v) is 13.4. The Morgan fingerprint density at radius 2 is 2.09 bits per heavy atom. The number of carbonyl (C=O) groups excluding carboxylic acids is 2. The number of hydrogen-bond acceptors (Lipinski definition) is 5. The summed E-state index contributed by atoms with van der Waals surface area (Å²) in [5.41, 5.74) is 0. The van der Waals surface area contributed by atoms with Gasteiger partial charge in [0, 0.05) is 11.4 Å². The Morgan fingerprint density at radius 1 is 1.27 bits per heavy atom. The third kappa shape index (κ3) is 4.44. The van der Waals surface area contributed by atoms with Crippen molar-refractivity contribution in [1.82, 2.24) is 15.5 Å². The van der Waals surface area contributed by atoms with Gasteiger partial charge in [0.15, 0.2) is 5.76 Å².